The van der Waals surface area contributed by atoms with E-state index < -0.39 is 0 Å². The number of rotatable bonds is 1. The van der Waals surface area contributed by atoms with E-state index in [1.165, 1.54) is 18.5 Å². The molecule has 0 saturated heterocycles. The van der Waals surface area contributed by atoms with Gasteiger partial charge in [0.05, 0.1) is 5.39 Å². The average Bonchev–Trinajstić information content (AvgIpc) is 2.79. The molecule has 0 radical (unpaired) electrons. The second-order valence-electron chi connectivity index (χ2n) is 5.91. The van der Waals surface area contributed by atoms with Crippen LogP contribution >= 0.6 is 22.9 Å². The molecule has 3 rings (SSSR count). The predicted octanol–water partition coefficient (Wildman–Crippen LogP) is 5.45. The van der Waals surface area contributed by atoms with Crippen molar-refractivity contribution in [2.45, 2.75) is 26.2 Å². The van der Waals surface area contributed by atoms with Crippen molar-refractivity contribution in [3.05, 3.63) is 46.4 Å². The van der Waals surface area contributed by atoms with Crippen molar-refractivity contribution in [1.82, 2.24) is 9.97 Å². The summed E-state index contributed by atoms with van der Waals surface area (Å²) >= 11 is 7.86. The van der Waals surface area contributed by atoms with Gasteiger partial charge in [-0.15, -0.1) is 11.3 Å². The summed E-state index contributed by atoms with van der Waals surface area (Å²) in [6.45, 7) is 6.38. The van der Waals surface area contributed by atoms with Crippen LogP contribution in [0.25, 0.3) is 21.3 Å². The van der Waals surface area contributed by atoms with E-state index in [2.05, 4.69) is 30.7 Å². The standard InChI is InChI=1S/C16H14ClFN2S/c1-16(2,3)13-11(9-5-4-6-10(18)7-9)12-14(17)19-8-20-15(12)21-13/h4-8H,1-3H3. The molecule has 2 aromatic heterocycles. The van der Waals surface area contributed by atoms with Crippen LogP contribution in [0.2, 0.25) is 5.15 Å². The molecule has 0 N–H and O–H groups in total. The molecular formula is C16H14ClFN2S. The first kappa shape index (κ1) is 14.4. The lowest BCUT2D eigenvalue weighted by molar-refractivity contribution is 0.605. The summed E-state index contributed by atoms with van der Waals surface area (Å²) in [7, 11) is 0. The Morgan fingerprint density at radius 2 is 1.95 bits per heavy atom. The van der Waals surface area contributed by atoms with E-state index in [4.69, 9.17) is 11.6 Å². The highest BCUT2D eigenvalue weighted by molar-refractivity contribution is 7.19. The summed E-state index contributed by atoms with van der Waals surface area (Å²) < 4.78 is 13.6. The zero-order valence-electron chi connectivity index (χ0n) is 11.9. The van der Waals surface area contributed by atoms with Crippen molar-refractivity contribution >= 4 is 33.2 Å². The number of halogens is 2. The van der Waals surface area contributed by atoms with E-state index in [1.54, 1.807) is 17.4 Å². The van der Waals surface area contributed by atoms with Gasteiger partial charge in [-0.3, -0.25) is 0 Å². The van der Waals surface area contributed by atoms with Crippen LogP contribution in [-0.2, 0) is 5.41 Å². The monoisotopic (exact) mass is 320 g/mol. The second kappa shape index (κ2) is 5.04. The average molecular weight is 321 g/mol. The quantitative estimate of drug-likeness (QED) is 0.557. The molecule has 5 heteroatoms. The number of fused-ring (bicyclic) bond motifs is 1. The van der Waals surface area contributed by atoms with Crippen LogP contribution in [0.3, 0.4) is 0 Å². The van der Waals surface area contributed by atoms with Gasteiger partial charge in [0, 0.05) is 10.4 Å². The van der Waals surface area contributed by atoms with Gasteiger partial charge in [-0.1, -0.05) is 44.5 Å². The van der Waals surface area contributed by atoms with Crippen molar-refractivity contribution in [2.75, 3.05) is 0 Å². The lowest BCUT2D eigenvalue weighted by atomic mass is 9.88. The fraction of sp³-hybridized carbons (Fsp3) is 0.250. The molecule has 0 aliphatic rings. The summed E-state index contributed by atoms with van der Waals surface area (Å²) in [5.41, 5.74) is 1.66. The first-order chi connectivity index (χ1) is 9.88. The maximum Gasteiger partial charge on any atom is 0.141 e. The third-order valence-corrected chi connectivity index (χ3v) is 5.05. The Hall–Kier alpha value is -1.52. The molecule has 2 nitrogen and oxygen atoms in total. The molecule has 0 amide bonds. The van der Waals surface area contributed by atoms with Gasteiger partial charge in [0.25, 0.3) is 0 Å². The number of hydrogen-bond acceptors (Lipinski definition) is 3. The van der Waals surface area contributed by atoms with Crippen LogP contribution in [0.1, 0.15) is 25.6 Å². The fourth-order valence-corrected chi connectivity index (χ4v) is 3.85. The third-order valence-electron chi connectivity index (χ3n) is 3.24. The summed E-state index contributed by atoms with van der Waals surface area (Å²) in [5.74, 6) is -0.264. The van der Waals surface area contributed by atoms with Crippen LogP contribution in [0.15, 0.2) is 30.6 Å². The zero-order chi connectivity index (χ0) is 15.2. The van der Waals surface area contributed by atoms with Crippen LogP contribution < -0.4 is 0 Å². The smallest absolute Gasteiger partial charge is 0.141 e. The maximum atomic E-state index is 13.6. The van der Waals surface area contributed by atoms with Gasteiger partial charge in [0.1, 0.15) is 22.1 Å². The molecule has 1 aromatic carbocycles. The predicted molar refractivity (Wildman–Crippen MR) is 86.5 cm³/mol. The van der Waals surface area contributed by atoms with Crippen molar-refractivity contribution in [3.63, 3.8) is 0 Å². The highest BCUT2D eigenvalue weighted by Crippen LogP contribution is 2.45. The molecule has 0 aliphatic carbocycles. The molecule has 0 spiro atoms. The van der Waals surface area contributed by atoms with Crippen LogP contribution in [0.5, 0.6) is 0 Å². The van der Waals surface area contributed by atoms with Gasteiger partial charge in [-0.2, -0.15) is 0 Å². The molecule has 0 unspecified atom stereocenters. The largest absolute Gasteiger partial charge is 0.225 e. The first-order valence-electron chi connectivity index (χ1n) is 6.57. The molecule has 0 saturated carbocycles. The molecule has 0 atom stereocenters. The molecule has 21 heavy (non-hydrogen) atoms. The Balaban J connectivity index is 2.43. The van der Waals surface area contributed by atoms with Gasteiger partial charge in [0.15, 0.2) is 0 Å². The van der Waals surface area contributed by atoms with Crippen molar-refractivity contribution in [3.8, 4) is 11.1 Å². The molecule has 2 heterocycles. The highest BCUT2D eigenvalue weighted by atomic mass is 35.5. The normalized spacial score (nSPS) is 12.0. The van der Waals surface area contributed by atoms with Crippen LogP contribution in [-0.4, -0.2) is 9.97 Å². The number of hydrogen-bond donors (Lipinski definition) is 0. The van der Waals surface area contributed by atoms with Crippen molar-refractivity contribution < 1.29 is 4.39 Å². The topological polar surface area (TPSA) is 25.8 Å². The first-order valence-corrected chi connectivity index (χ1v) is 7.77. The molecule has 108 valence electrons. The summed E-state index contributed by atoms with van der Waals surface area (Å²) in [4.78, 5) is 10.4. The Labute approximate surface area is 131 Å². The van der Waals surface area contributed by atoms with Gasteiger partial charge < -0.3 is 0 Å². The minimum atomic E-state index is -0.264. The zero-order valence-corrected chi connectivity index (χ0v) is 13.5. The lowest BCUT2D eigenvalue weighted by Gasteiger charge is -2.19. The molecule has 0 fully saturated rings. The Bertz CT molecular complexity index is 821. The molecule has 0 bridgehead atoms. The van der Waals surface area contributed by atoms with Crippen molar-refractivity contribution in [2.24, 2.45) is 0 Å². The van der Waals surface area contributed by atoms with Gasteiger partial charge in [0.2, 0.25) is 0 Å². The summed E-state index contributed by atoms with van der Waals surface area (Å²) in [6, 6.07) is 6.56. The van der Waals surface area contributed by atoms with E-state index in [1.807, 2.05) is 6.07 Å². The number of aromatic nitrogens is 2. The van der Waals surface area contributed by atoms with Gasteiger partial charge in [-0.05, 0) is 23.1 Å². The minimum absolute atomic E-state index is 0.0870. The molecule has 3 aromatic rings. The van der Waals surface area contributed by atoms with Crippen LogP contribution in [0, 0.1) is 5.82 Å². The lowest BCUT2D eigenvalue weighted by Crippen LogP contribution is -2.10. The summed E-state index contributed by atoms with van der Waals surface area (Å²) in [5, 5.41) is 1.21. The minimum Gasteiger partial charge on any atom is -0.225 e. The second-order valence-corrected chi connectivity index (χ2v) is 7.27. The Morgan fingerprint density at radius 3 is 2.62 bits per heavy atom. The number of benzene rings is 1. The summed E-state index contributed by atoms with van der Waals surface area (Å²) in [6.07, 6.45) is 1.46. The molecular weight excluding hydrogens is 307 g/mol. The van der Waals surface area contributed by atoms with E-state index in [0.29, 0.717) is 5.15 Å². The van der Waals surface area contributed by atoms with E-state index in [-0.39, 0.29) is 11.2 Å². The molecule has 0 aliphatic heterocycles. The fourth-order valence-electron chi connectivity index (χ4n) is 2.35. The van der Waals surface area contributed by atoms with E-state index in [9.17, 15) is 4.39 Å². The van der Waals surface area contributed by atoms with Gasteiger partial charge in [-0.25, -0.2) is 14.4 Å². The van der Waals surface area contributed by atoms with E-state index >= 15 is 0 Å². The Kier molecular flexibility index (Phi) is 3.46. The van der Waals surface area contributed by atoms with Gasteiger partial charge >= 0.3 is 0 Å². The SMILES string of the molecule is CC(C)(C)c1sc2ncnc(Cl)c2c1-c1cccc(F)c1. The number of thiophene rings is 1. The van der Waals surface area contributed by atoms with E-state index in [0.717, 1.165) is 26.2 Å². The van der Waals surface area contributed by atoms with Crippen LogP contribution in [0.4, 0.5) is 4.39 Å². The third kappa shape index (κ3) is 2.54. The van der Waals surface area contributed by atoms with Crippen molar-refractivity contribution in [1.29, 1.82) is 0 Å². The highest BCUT2D eigenvalue weighted by Gasteiger charge is 2.26. The Morgan fingerprint density at radius 1 is 1.19 bits per heavy atom. The maximum absolute atomic E-state index is 13.6. The number of nitrogens with zero attached hydrogens (tertiary/aromatic N) is 2.